The number of nitrogens with zero attached hydrogens (tertiary/aromatic N) is 1. The normalized spacial score (nSPS) is 22.1. The summed E-state index contributed by atoms with van der Waals surface area (Å²) in [6.45, 7) is 2.39. The average Bonchev–Trinajstić information content (AvgIpc) is 2.45. The van der Waals surface area contributed by atoms with Crippen molar-refractivity contribution in [1.29, 1.82) is 0 Å². The van der Waals surface area contributed by atoms with Gasteiger partial charge in [-0.1, -0.05) is 19.8 Å². The summed E-state index contributed by atoms with van der Waals surface area (Å²) in [4.78, 5) is 12.6. The van der Waals surface area contributed by atoms with E-state index < -0.39 is 23.5 Å². The number of carbonyl (C=O) groups is 1. The molecule has 1 aliphatic rings. The predicted octanol–water partition coefficient (Wildman–Crippen LogP) is 3.82. The standard InChI is InChI=1S/C15H19F3N2O/c1-9-2-4-10(5-3-9)8-20(15(19)21)12-7-6-11(16)13(17)14(12)18/h6-7,9-10H,2-5,8H2,1H3,(H2,19,21)/t9-,10-. The molecule has 1 saturated carbocycles. The van der Waals surface area contributed by atoms with Gasteiger partial charge in [-0.25, -0.2) is 18.0 Å². The van der Waals surface area contributed by atoms with Crippen LogP contribution in [0, 0.1) is 29.3 Å². The molecular weight excluding hydrogens is 281 g/mol. The van der Waals surface area contributed by atoms with Crippen molar-refractivity contribution in [3.05, 3.63) is 29.6 Å². The molecule has 21 heavy (non-hydrogen) atoms. The topological polar surface area (TPSA) is 46.3 Å². The summed E-state index contributed by atoms with van der Waals surface area (Å²) in [7, 11) is 0. The van der Waals surface area contributed by atoms with Crippen LogP contribution in [0.5, 0.6) is 0 Å². The number of anilines is 1. The van der Waals surface area contributed by atoms with Gasteiger partial charge in [0.25, 0.3) is 0 Å². The molecule has 1 aliphatic carbocycles. The lowest BCUT2D eigenvalue weighted by Gasteiger charge is -2.31. The molecule has 116 valence electrons. The fourth-order valence-corrected chi connectivity index (χ4v) is 2.80. The summed E-state index contributed by atoms with van der Waals surface area (Å²) in [5.41, 5.74) is 4.97. The Labute approximate surface area is 121 Å². The first-order chi connectivity index (χ1) is 9.90. The number of halogens is 3. The molecule has 0 bridgehead atoms. The molecule has 2 N–H and O–H groups in total. The second-order valence-electron chi connectivity index (χ2n) is 5.77. The van der Waals surface area contributed by atoms with Crippen LogP contribution in [0.4, 0.5) is 23.7 Å². The zero-order valence-corrected chi connectivity index (χ0v) is 11.9. The number of amides is 2. The van der Waals surface area contributed by atoms with Gasteiger partial charge in [0.15, 0.2) is 17.5 Å². The van der Waals surface area contributed by atoms with E-state index >= 15 is 0 Å². The highest BCUT2D eigenvalue weighted by atomic mass is 19.2. The molecule has 6 heteroatoms. The third kappa shape index (κ3) is 3.49. The van der Waals surface area contributed by atoms with Gasteiger partial charge < -0.3 is 5.73 Å². The minimum atomic E-state index is -1.59. The van der Waals surface area contributed by atoms with Crippen molar-refractivity contribution in [2.24, 2.45) is 17.6 Å². The van der Waals surface area contributed by atoms with Gasteiger partial charge in [-0.3, -0.25) is 4.90 Å². The van der Waals surface area contributed by atoms with Crippen LogP contribution in [0.15, 0.2) is 12.1 Å². The number of primary amides is 1. The van der Waals surface area contributed by atoms with Crippen LogP contribution in [0.1, 0.15) is 32.6 Å². The number of carbonyl (C=O) groups excluding carboxylic acids is 1. The van der Waals surface area contributed by atoms with Gasteiger partial charge in [-0.2, -0.15) is 0 Å². The smallest absolute Gasteiger partial charge is 0.319 e. The Morgan fingerprint density at radius 3 is 2.38 bits per heavy atom. The summed E-state index contributed by atoms with van der Waals surface area (Å²) in [5.74, 6) is -3.41. The fraction of sp³-hybridized carbons (Fsp3) is 0.533. The molecule has 1 aromatic rings. The minimum absolute atomic E-state index is 0.196. The van der Waals surface area contributed by atoms with Gasteiger partial charge in [0.1, 0.15) is 0 Å². The zero-order chi connectivity index (χ0) is 15.6. The first-order valence-electron chi connectivity index (χ1n) is 7.10. The monoisotopic (exact) mass is 300 g/mol. The lowest BCUT2D eigenvalue weighted by atomic mass is 9.83. The van der Waals surface area contributed by atoms with Crippen molar-refractivity contribution in [2.45, 2.75) is 32.6 Å². The number of urea groups is 1. The number of nitrogens with two attached hydrogens (primary N) is 1. The molecule has 1 aromatic carbocycles. The highest BCUT2D eigenvalue weighted by Crippen LogP contribution is 2.31. The van der Waals surface area contributed by atoms with Crippen LogP contribution >= 0.6 is 0 Å². The summed E-state index contributed by atoms with van der Waals surface area (Å²) < 4.78 is 40.1. The van der Waals surface area contributed by atoms with Crippen LogP contribution < -0.4 is 10.6 Å². The van der Waals surface area contributed by atoms with Crippen molar-refractivity contribution < 1.29 is 18.0 Å². The Balaban J connectivity index is 2.20. The third-order valence-electron chi connectivity index (χ3n) is 4.15. The van der Waals surface area contributed by atoms with Crippen LogP contribution in [-0.2, 0) is 0 Å². The van der Waals surface area contributed by atoms with E-state index in [1.54, 1.807) is 0 Å². The van der Waals surface area contributed by atoms with Crippen molar-refractivity contribution in [3.8, 4) is 0 Å². The van der Waals surface area contributed by atoms with Crippen LogP contribution in [-0.4, -0.2) is 12.6 Å². The highest BCUT2D eigenvalue weighted by Gasteiger charge is 2.26. The van der Waals surface area contributed by atoms with E-state index in [-0.39, 0.29) is 18.2 Å². The first kappa shape index (κ1) is 15.7. The Kier molecular flexibility index (Phi) is 4.75. The molecule has 0 unspecified atom stereocenters. The van der Waals surface area contributed by atoms with E-state index in [1.165, 1.54) is 0 Å². The molecule has 0 aromatic heterocycles. The molecular formula is C15H19F3N2O. The maximum Gasteiger partial charge on any atom is 0.319 e. The van der Waals surface area contributed by atoms with Crippen molar-refractivity contribution >= 4 is 11.7 Å². The van der Waals surface area contributed by atoms with Crippen LogP contribution in [0.25, 0.3) is 0 Å². The molecule has 0 spiro atoms. The molecule has 0 saturated heterocycles. The predicted molar refractivity (Wildman–Crippen MR) is 74.4 cm³/mol. The molecule has 3 nitrogen and oxygen atoms in total. The minimum Gasteiger partial charge on any atom is -0.351 e. The maximum atomic E-state index is 13.8. The van der Waals surface area contributed by atoms with Gasteiger partial charge in [0.05, 0.1) is 5.69 Å². The van der Waals surface area contributed by atoms with Gasteiger partial charge >= 0.3 is 6.03 Å². The van der Waals surface area contributed by atoms with E-state index in [2.05, 4.69) is 6.92 Å². The summed E-state index contributed by atoms with van der Waals surface area (Å²) in [5, 5.41) is 0. The SMILES string of the molecule is C[C@H]1CC[C@H](CN(C(N)=O)c2ccc(F)c(F)c2F)CC1. The lowest BCUT2D eigenvalue weighted by molar-refractivity contribution is 0.247. The molecule has 0 radical (unpaired) electrons. The van der Waals surface area contributed by atoms with E-state index in [1.807, 2.05) is 0 Å². The van der Waals surface area contributed by atoms with Gasteiger partial charge in [0, 0.05) is 6.54 Å². The zero-order valence-electron chi connectivity index (χ0n) is 11.9. The molecule has 0 atom stereocenters. The Morgan fingerprint density at radius 2 is 1.81 bits per heavy atom. The molecule has 2 amide bonds. The number of hydrogen-bond donors (Lipinski definition) is 1. The van der Waals surface area contributed by atoms with Crippen molar-refractivity contribution in [2.75, 3.05) is 11.4 Å². The Morgan fingerprint density at radius 1 is 1.19 bits per heavy atom. The highest BCUT2D eigenvalue weighted by molar-refractivity contribution is 5.90. The number of benzene rings is 1. The molecule has 1 fully saturated rings. The number of hydrogen-bond acceptors (Lipinski definition) is 1. The summed E-state index contributed by atoms with van der Waals surface area (Å²) in [6, 6.07) is 0.981. The second-order valence-corrected chi connectivity index (χ2v) is 5.77. The van der Waals surface area contributed by atoms with E-state index in [0.717, 1.165) is 42.7 Å². The van der Waals surface area contributed by atoms with Gasteiger partial charge in [0.2, 0.25) is 0 Å². The van der Waals surface area contributed by atoms with E-state index in [9.17, 15) is 18.0 Å². The summed E-state index contributed by atoms with van der Waals surface area (Å²) in [6.07, 6.45) is 3.90. The quantitative estimate of drug-likeness (QED) is 0.848. The largest absolute Gasteiger partial charge is 0.351 e. The van der Waals surface area contributed by atoms with Crippen LogP contribution in [0.2, 0.25) is 0 Å². The molecule has 0 heterocycles. The molecule has 0 aliphatic heterocycles. The third-order valence-corrected chi connectivity index (χ3v) is 4.15. The maximum absolute atomic E-state index is 13.8. The van der Waals surface area contributed by atoms with Crippen LogP contribution in [0.3, 0.4) is 0 Å². The van der Waals surface area contributed by atoms with Gasteiger partial charge in [-0.05, 0) is 36.8 Å². The second kappa shape index (κ2) is 6.37. The van der Waals surface area contributed by atoms with Crippen molar-refractivity contribution in [3.63, 3.8) is 0 Å². The summed E-state index contributed by atoms with van der Waals surface area (Å²) >= 11 is 0. The number of rotatable bonds is 3. The Bertz CT molecular complexity index is 528. The Hall–Kier alpha value is -1.72. The van der Waals surface area contributed by atoms with E-state index in [4.69, 9.17) is 5.73 Å². The fourth-order valence-electron chi connectivity index (χ4n) is 2.80. The average molecular weight is 300 g/mol. The van der Waals surface area contributed by atoms with Crippen molar-refractivity contribution in [1.82, 2.24) is 0 Å². The van der Waals surface area contributed by atoms with Gasteiger partial charge in [-0.15, -0.1) is 0 Å². The van der Waals surface area contributed by atoms with E-state index in [0.29, 0.717) is 5.92 Å². The lowest BCUT2D eigenvalue weighted by Crippen LogP contribution is -2.40. The molecule has 2 rings (SSSR count). The first-order valence-corrected chi connectivity index (χ1v) is 7.10.